The summed E-state index contributed by atoms with van der Waals surface area (Å²) in [5.74, 6) is -0.123. The van der Waals surface area contributed by atoms with Crippen molar-refractivity contribution in [1.82, 2.24) is 5.32 Å². The van der Waals surface area contributed by atoms with Gasteiger partial charge >= 0.3 is 6.09 Å². The number of morpholine rings is 1. The third-order valence-corrected chi connectivity index (χ3v) is 4.32. The van der Waals surface area contributed by atoms with Crippen LogP contribution in [0.4, 0.5) is 10.5 Å². The number of hydrogen-bond donors (Lipinski definition) is 1. The lowest BCUT2D eigenvalue weighted by atomic mass is 9.82. The molecule has 1 heterocycles. The molecule has 1 aliphatic heterocycles. The second kappa shape index (κ2) is 8.30. The summed E-state index contributed by atoms with van der Waals surface area (Å²) in [6.45, 7) is 14.3. The van der Waals surface area contributed by atoms with E-state index in [4.69, 9.17) is 9.47 Å². The molecule has 0 aliphatic carbocycles. The van der Waals surface area contributed by atoms with Crippen molar-refractivity contribution in [2.75, 3.05) is 31.2 Å². The number of carbonyl (C=O) groups excluding carboxylic acids is 2. The molecule has 0 saturated carbocycles. The molecule has 1 fully saturated rings. The predicted molar refractivity (Wildman–Crippen MR) is 106 cm³/mol. The van der Waals surface area contributed by atoms with Crippen LogP contribution in [0.2, 0.25) is 0 Å². The summed E-state index contributed by atoms with van der Waals surface area (Å²) in [6, 6.07) is 6.87. The molecule has 1 saturated heterocycles. The van der Waals surface area contributed by atoms with Crippen molar-refractivity contribution in [3.63, 3.8) is 0 Å². The Morgan fingerprint density at radius 2 is 1.59 bits per heavy atom. The van der Waals surface area contributed by atoms with Gasteiger partial charge < -0.3 is 19.7 Å². The molecule has 6 heteroatoms. The monoisotopic (exact) mass is 376 g/mol. The number of ketones is 1. The normalized spacial score (nSPS) is 16.6. The summed E-state index contributed by atoms with van der Waals surface area (Å²) in [4.78, 5) is 27.5. The Morgan fingerprint density at radius 1 is 1.04 bits per heavy atom. The van der Waals surface area contributed by atoms with Crippen LogP contribution in [-0.4, -0.2) is 49.8 Å². The maximum Gasteiger partial charge on any atom is 0.408 e. The third kappa shape index (κ3) is 6.24. The molecule has 1 aliphatic rings. The zero-order chi connectivity index (χ0) is 20.2. The fourth-order valence-corrected chi connectivity index (χ4v) is 2.93. The first-order valence-corrected chi connectivity index (χ1v) is 9.44. The van der Waals surface area contributed by atoms with Crippen molar-refractivity contribution in [1.29, 1.82) is 0 Å². The lowest BCUT2D eigenvalue weighted by molar-refractivity contribution is 0.0446. The van der Waals surface area contributed by atoms with E-state index in [1.807, 2.05) is 45.0 Å². The fourth-order valence-electron chi connectivity index (χ4n) is 2.93. The van der Waals surface area contributed by atoms with E-state index in [2.05, 4.69) is 10.2 Å². The molecule has 1 aromatic rings. The number of Topliss-reactive ketones (excluding diaryl/α,β-unsaturated/α-hetero) is 1. The van der Waals surface area contributed by atoms with Crippen molar-refractivity contribution >= 4 is 17.6 Å². The van der Waals surface area contributed by atoms with Gasteiger partial charge in [-0.15, -0.1) is 0 Å². The highest BCUT2D eigenvalue weighted by molar-refractivity contribution is 6.02. The maximum atomic E-state index is 13.1. The van der Waals surface area contributed by atoms with Gasteiger partial charge in [-0.1, -0.05) is 20.8 Å². The Labute approximate surface area is 162 Å². The molecule has 1 atom stereocenters. The van der Waals surface area contributed by atoms with Crippen LogP contribution in [0.3, 0.4) is 0 Å². The first-order valence-electron chi connectivity index (χ1n) is 9.44. The summed E-state index contributed by atoms with van der Waals surface area (Å²) >= 11 is 0. The zero-order valence-corrected chi connectivity index (χ0v) is 17.3. The molecular formula is C21H32N2O4. The van der Waals surface area contributed by atoms with Gasteiger partial charge in [0.25, 0.3) is 0 Å². The van der Waals surface area contributed by atoms with E-state index in [1.165, 1.54) is 0 Å². The lowest BCUT2D eigenvalue weighted by Crippen LogP contribution is -2.50. The topological polar surface area (TPSA) is 67.9 Å². The summed E-state index contributed by atoms with van der Waals surface area (Å²) < 4.78 is 10.7. The van der Waals surface area contributed by atoms with E-state index < -0.39 is 23.2 Å². The number of rotatable bonds is 4. The second-order valence-corrected chi connectivity index (χ2v) is 8.96. The molecule has 1 aromatic carbocycles. The number of anilines is 1. The number of amides is 1. The Morgan fingerprint density at radius 3 is 2.07 bits per heavy atom. The van der Waals surface area contributed by atoms with Gasteiger partial charge in [0.15, 0.2) is 5.78 Å². The number of alkyl carbamates (subject to hydrolysis) is 1. The van der Waals surface area contributed by atoms with E-state index in [1.54, 1.807) is 20.8 Å². The summed E-state index contributed by atoms with van der Waals surface area (Å²) in [5, 5.41) is 2.75. The highest BCUT2D eigenvalue weighted by Crippen LogP contribution is 2.25. The molecule has 1 N–H and O–H groups in total. The average molecular weight is 376 g/mol. The molecule has 2 rings (SSSR count). The molecular weight excluding hydrogens is 344 g/mol. The fraction of sp³-hybridized carbons (Fsp3) is 0.619. The Balaban J connectivity index is 2.13. The van der Waals surface area contributed by atoms with Crippen LogP contribution in [0.1, 0.15) is 51.9 Å². The van der Waals surface area contributed by atoms with E-state index in [9.17, 15) is 9.59 Å². The van der Waals surface area contributed by atoms with Crippen molar-refractivity contribution in [3.8, 4) is 0 Å². The third-order valence-electron chi connectivity index (χ3n) is 4.32. The minimum absolute atomic E-state index is 0.123. The number of nitrogens with one attached hydrogen (secondary N) is 1. The van der Waals surface area contributed by atoms with Gasteiger partial charge in [-0.3, -0.25) is 4.79 Å². The van der Waals surface area contributed by atoms with Crippen molar-refractivity contribution in [3.05, 3.63) is 29.8 Å². The van der Waals surface area contributed by atoms with E-state index in [-0.39, 0.29) is 5.78 Å². The van der Waals surface area contributed by atoms with Crippen LogP contribution in [-0.2, 0) is 9.47 Å². The molecule has 0 radical (unpaired) electrons. The van der Waals surface area contributed by atoms with Crippen molar-refractivity contribution < 1.29 is 19.1 Å². The highest BCUT2D eigenvalue weighted by Gasteiger charge is 2.34. The minimum atomic E-state index is -0.679. The molecule has 6 nitrogen and oxygen atoms in total. The molecule has 0 bridgehead atoms. The van der Waals surface area contributed by atoms with Crippen molar-refractivity contribution in [2.24, 2.45) is 5.41 Å². The standard InChI is InChI=1S/C21H32N2O4/c1-20(2,3)18(22-19(25)27-21(4,5)6)17(24)15-7-9-16(10-8-15)23-11-13-26-14-12-23/h7-10,18H,11-14H2,1-6H3,(H,22,25)/t18-/m1/s1. The summed E-state index contributed by atoms with van der Waals surface area (Å²) in [5.41, 5.74) is 0.580. The van der Waals surface area contributed by atoms with Gasteiger partial charge in [-0.25, -0.2) is 4.79 Å². The number of hydrogen-bond acceptors (Lipinski definition) is 5. The largest absolute Gasteiger partial charge is 0.444 e. The van der Waals surface area contributed by atoms with Crippen LogP contribution >= 0.6 is 0 Å². The van der Waals surface area contributed by atoms with Crippen LogP contribution < -0.4 is 10.2 Å². The van der Waals surface area contributed by atoms with Gasteiger partial charge in [0.05, 0.1) is 13.2 Å². The number of benzene rings is 1. The van der Waals surface area contributed by atoms with E-state index >= 15 is 0 Å². The number of carbonyl (C=O) groups is 2. The highest BCUT2D eigenvalue weighted by atomic mass is 16.6. The second-order valence-electron chi connectivity index (χ2n) is 8.96. The maximum absolute atomic E-state index is 13.1. The Hall–Kier alpha value is -2.08. The minimum Gasteiger partial charge on any atom is -0.444 e. The zero-order valence-electron chi connectivity index (χ0n) is 17.3. The van der Waals surface area contributed by atoms with E-state index in [0.717, 1.165) is 18.8 Å². The smallest absolute Gasteiger partial charge is 0.408 e. The lowest BCUT2D eigenvalue weighted by Gasteiger charge is -2.32. The first-order chi connectivity index (χ1) is 12.5. The molecule has 27 heavy (non-hydrogen) atoms. The Kier molecular flexibility index (Phi) is 6.52. The Bertz CT molecular complexity index is 650. The van der Waals surface area contributed by atoms with Gasteiger partial charge in [0, 0.05) is 24.3 Å². The number of nitrogens with zero attached hydrogens (tertiary/aromatic N) is 1. The van der Waals surface area contributed by atoms with Crippen LogP contribution in [0, 0.1) is 5.41 Å². The van der Waals surface area contributed by atoms with Crippen LogP contribution in [0.5, 0.6) is 0 Å². The summed E-state index contributed by atoms with van der Waals surface area (Å²) in [7, 11) is 0. The molecule has 150 valence electrons. The molecule has 0 unspecified atom stereocenters. The van der Waals surface area contributed by atoms with E-state index in [0.29, 0.717) is 18.8 Å². The molecule has 0 aromatic heterocycles. The van der Waals surface area contributed by atoms with Gasteiger partial charge in [0.2, 0.25) is 0 Å². The first kappa shape index (κ1) is 21.2. The predicted octanol–water partition coefficient (Wildman–Crippen LogP) is 3.65. The molecule has 0 spiro atoms. The van der Waals surface area contributed by atoms with Crippen molar-refractivity contribution in [2.45, 2.75) is 53.2 Å². The van der Waals surface area contributed by atoms with Gasteiger partial charge in [-0.2, -0.15) is 0 Å². The summed E-state index contributed by atoms with van der Waals surface area (Å²) in [6.07, 6.45) is -0.583. The molecule has 1 amide bonds. The van der Waals surface area contributed by atoms with Gasteiger partial charge in [-0.05, 0) is 50.5 Å². The average Bonchev–Trinajstić information content (AvgIpc) is 2.57. The SMILES string of the molecule is CC(C)(C)OC(=O)N[C@H](C(=O)c1ccc(N2CCOCC2)cc1)C(C)(C)C. The van der Waals surface area contributed by atoms with Crippen LogP contribution in [0.25, 0.3) is 0 Å². The van der Waals surface area contributed by atoms with Gasteiger partial charge in [0.1, 0.15) is 11.6 Å². The number of ether oxygens (including phenoxy) is 2. The van der Waals surface area contributed by atoms with Crippen LogP contribution in [0.15, 0.2) is 24.3 Å². The quantitative estimate of drug-likeness (QED) is 0.813.